The number of ether oxygens (including phenoxy) is 1. The van der Waals surface area contributed by atoms with Crippen LogP contribution in [0.25, 0.3) is 0 Å². The number of esters is 1. The maximum Gasteiger partial charge on any atom is 0.322 e. The van der Waals surface area contributed by atoms with Gasteiger partial charge in [-0.2, -0.15) is 16.9 Å². The molecule has 1 unspecified atom stereocenters. The van der Waals surface area contributed by atoms with E-state index in [0.29, 0.717) is 6.42 Å². The molecular weight excluding hydrogens is 298 g/mol. The van der Waals surface area contributed by atoms with Crippen LogP contribution >= 0.6 is 23.4 Å². The van der Waals surface area contributed by atoms with Gasteiger partial charge in [0.1, 0.15) is 6.04 Å². The van der Waals surface area contributed by atoms with Crippen molar-refractivity contribution in [2.45, 2.75) is 45.0 Å². The van der Waals surface area contributed by atoms with Crippen LogP contribution in [-0.4, -0.2) is 34.7 Å². The predicted molar refractivity (Wildman–Crippen MR) is 83.1 cm³/mol. The first-order chi connectivity index (χ1) is 9.54. The average Bonchev–Trinajstić information content (AvgIpc) is 2.78. The summed E-state index contributed by atoms with van der Waals surface area (Å²) in [6.45, 7) is 4.89. The van der Waals surface area contributed by atoms with Gasteiger partial charge < -0.3 is 10.5 Å². The molecular formula is C13H22ClN3O2S. The van der Waals surface area contributed by atoms with Crippen LogP contribution in [0.1, 0.15) is 31.7 Å². The molecule has 7 heteroatoms. The molecule has 0 spiro atoms. The highest BCUT2D eigenvalue weighted by atomic mass is 35.5. The van der Waals surface area contributed by atoms with Crippen molar-refractivity contribution >= 4 is 29.3 Å². The average molecular weight is 320 g/mol. The van der Waals surface area contributed by atoms with Crippen LogP contribution in [-0.2, 0) is 28.2 Å². The van der Waals surface area contributed by atoms with Crippen LogP contribution in [0.4, 0.5) is 0 Å². The van der Waals surface area contributed by atoms with Crippen LogP contribution in [0, 0.1) is 0 Å². The second-order valence-corrected chi connectivity index (χ2v) is 5.83. The Morgan fingerprint density at radius 2 is 2.25 bits per heavy atom. The first kappa shape index (κ1) is 17.3. The molecule has 0 bridgehead atoms. The lowest BCUT2D eigenvalue weighted by atomic mass is 10.2. The van der Waals surface area contributed by atoms with Crippen molar-refractivity contribution in [3.63, 3.8) is 0 Å². The van der Waals surface area contributed by atoms with E-state index in [-0.39, 0.29) is 5.97 Å². The van der Waals surface area contributed by atoms with Crippen LogP contribution in [0.2, 0.25) is 5.02 Å². The molecule has 1 atom stereocenters. The van der Waals surface area contributed by atoms with E-state index in [9.17, 15) is 4.79 Å². The molecule has 0 aliphatic rings. The van der Waals surface area contributed by atoms with Crippen molar-refractivity contribution in [2.24, 2.45) is 5.73 Å². The maximum atomic E-state index is 11.2. The third-order valence-corrected chi connectivity index (χ3v) is 4.45. The van der Waals surface area contributed by atoms with Crippen LogP contribution in [0.3, 0.4) is 0 Å². The Morgan fingerprint density at radius 3 is 2.80 bits per heavy atom. The monoisotopic (exact) mass is 319 g/mol. The third kappa shape index (κ3) is 4.40. The van der Waals surface area contributed by atoms with E-state index in [4.69, 9.17) is 17.3 Å². The zero-order chi connectivity index (χ0) is 15.1. The SMILES string of the molecule is CCc1nn(CC)c(CSCCC(N)C(=O)OC)c1Cl. The number of aromatic nitrogens is 2. The molecule has 20 heavy (non-hydrogen) atoms. The molecule has 1 heterocycles. The number of aryl methyl sites for hydroxylation is 2. The molecule has 2 N–H and O–H groups in total. The number of nitrogens with zero attached hydrogens (tertiary/aromatic N) is 2. The Bertz CT molecular complexity index is 451. The van der Waals surface area contributed by atoms with Crippen molar-refractivity contribution in [1.29, 1.82) is 0 Å². The zero-order valence-corrected chi connectivity index (χ0v) is 13.8. The van der Waals surface area contributed by atoms with Crippen LogP contribution < -0.4 is 5.73 Å². The molecule has 1 rings (SSSR count). The lowest BCUT2D eigenvalue weighted by Gasteiger charge is -2.09. The lowest BCUT2D eigenvalue weighted by molar-refractivity contribution is -0.142. The minimum Gasteiger partial charge on any atom is -0.468 e. The number of hydrogen-bond donors (Lipinski definition) is 1. The first-order valence-electron chi connectivity index (χ1n) is 6.70. The highest BCUT2D eigenvalue weighted by Crippen LogP contribution is 2.25. The molecule has 0 aromatic carbocycles. The highest BCUT2D eigenvalue weighted by Gasteiger charge is 2.16. The number of hydrogen-bond acceptors (Lipinski definition) is 5. The fraction of sp³-hybridized carbons (Fsp3) is 0.692. The summed E-state index contributed by atoms with van der Waals surface area (Å²) in [5.74, 6) is 1.19. The van der Waals surface area contributed by atoms with Gasteiger partial charge in [-0.05, 0) is 25.5 Å². The van der Waals surface area contributed by atoms with Crippen molar-refractivity contribution < 1.29 is 9.53 Å². The van der Waals surface area contributed by atoms with Gasteiger partial charge >= 0.3 is 5.97 Å². The lowest BCUT2D eigenvalue weighted by Crippen LogP contribution is -2.32. The van der Waals surface area contributed by atoms with Gasteiger partial charge in [-0.15, -0.1) is 0 Å². The molecule has 0 saturated heterocycles. The number of carbonyl (C=O) groups is 1. The molecule has 0 fully saturated rings. The Labute approximate surface area is 129 Å². The molecule has 5 nitrogen and oxygen atoms in total. The van der Waals surface area contributed by atoms with E-state index < -0.39 is 6.04 Å². The van der Waals surface area contributed by atoms with E-state index in [0.717, 1.165) is 40.9 Å². The van der Waals surface area contributed by atoms with Gasteiger partial charge in [-0.25, -0.2) is 0 Å². The van der Waals surface area contributed by atoms with E-state index in [1.54, 1.807) is 11.8 Å². The Kier molecular flexibility index (Phi) is 7.40. The summed E-state index contributed by atoms with van der Waals surface area (Å²) < 4.78 is 6.53. The molecule has 0 aliphatic heterocycles. The van der Waals surface area contributed by atoms with E-state index in [1.807, 2.05) is 18.5 Å². The van der Waals surface area contributed by atoms with E-state index in [2.05, 4.69) is 9.84 Å². The number of halogens is 1. The maximum absolute atomic E-state index is 11.2. The minimum atomic E-state index is -0.551. The van der Waals surface area contributed by atoms with Crippen molar-refractivity contribution in [3.8, 4) is 0 Å². The fourth-order valence-corrected chi connectivity index (χ4v) is 3.27. The molecule has 0 saturated carbocycles. The minimum absolute atomic E-state index is 0.365. The standard InChI is InChI=1S/C13H22ClN3O2S/c1-4-10-12(14)11(17(5-2)16-10)8-20-7-6-9(15)13(18)19-3/h9H,4-8,15H2,1-3H3. The Balaban J connectivity index is 2.50. The summed E-state index contributed by atoms with van der Waals surface area (Å²) in [6, 6.07) is -0.551. The molecule has 1 aromatic rings. The molecule has 0 radical (unpaired) electrons. The van der Waals surface area contributed by atoms with Crippen molar-refractivity contribution in [3.05, 3.63) is 16.4 Å². The summed E-state index contributed by atoms with van der Waals surface area (Å²) in [5.41, 5.74) is 7.67. The van der Waals surface area contributed by atoms with E-state index in [1.165, 1.54) is 7.11 Å². The largest absolute Gasteiger partial charge is 0.468 e. The van der Waals surface area contributed by atoms with Crippen LogP contribution in [0.15, 0.2) is 0 Å². The first-order valence-corrected chi connectivity index (χ1v) is 8.23. The normalized spacial score (nSPS) is 12.4. The number of nitrogens with two attached hydrogens (primary N) is 1. The third-order valence-electron chi connectivity index (χ3n) is 3.01. The van der Waals surface area contributed by atoms with Gasteiger partial charge in [0.15, 0.2) is 0 Å². The van der Waals surface area contributed by atoms with E-state index >= 15 is 0 Å². The number of rotatable bonds is 8. The molecule has 0 aliphatic carbocycles. The second kappa shape index (κ2) is 8.54. The summed E-state index contributed by atoms with van der Waals surface area (Å²) in [7, 11) is 1.35. The van der Waals surface area contributed by atoms with Gasteiger partial charge in [-0.3, -0.25) is 9.48 Å². The van der Waals surface area contributed by atoms with Gasteiger partial charge in [-0.1, -0.05) is 18.5 Å². The summed E-state index contributed by atoms with van der Waals surface area (Å²) in [4.78, 5) is 11.2. The number of carbonyl (C=O) groups excluding carboxylic acids is 1. The van der Waals surface area contributed by atoms with Gasteiger partial charge in [0, 0.05) is 12.3 Å². The second-order valence-electron chi connectivity index (χ2n) is 4.35. The number of thioether (sulfide) groups is 1. The highest BCUT2D eigenvalue weighted by molar-refractivity contribution is 7.98. The summed E-state index contributed by atoms with van der Waals surface area (Å²) in [6.07, 6.45) is 1.42. The zero-order valence-electron chi connectivity index (χ0n) is 12.2. The van der Waals surface area contributed by atoms with Crippen LogP contribution in [0.5, 0.6) is 0 Å². The molecule has 1 aromatic heterocycles. The smallest absolute Gasteiger partial charge is 0.322 e. The predicted octanol–water partition coefficient (Wildman–Crippen LogP) is 2.24. The fourth-order valence-electron chi connectivity index (χ4n) is 1.80. The summed E-state index contributed by atoms with van der Waals surface area (Å²) in [5, 5.41) is 5.24. The van der Waals surface area contributed by atoms with Gasteiger partial charge in [0.25, 0.3) is 0 Å². The van der Waals surface area contributed by atoms with Crippen molar-refractivity contribution in [2.75, 3.05) is 12.9 Å². The quantitative estimate of drug-likeness (QED) is 0.588. The molecule has 0 amide bonds. The Morgan fingerprint density at radius 1 is 1.55 bits per heavy atom. The van der Waals surface area contributed by atoms with Gasteiger partial charge in [0.2, 0.25) is 0 Å². The van der Waals surface area contributed by atoms with Crippen molar-refractivity contribution in [1.82, 2.24) is 9.78 Å². The van der Waals surface area contributed by atoms with Gasteiger partial charge in [0.05, 0.1) is 23.5 Å². The number of methoxy groups -OCH3 is 1. The molecule has 114 valence electrons. The summed E-state index contributed by atoms with van der Waals surface area (Å²) >= 11 is 8.02. The topological polar surface area (TPSA) is 70.1 Å². The Hall–Kier alpha value is -0.720.